The second-order valence-electron chi connectivity index (χ2n) is 5.37. The summed E-state index contributed by atoms with van der Waals surface area (Å²) in [5.41, 5.74) is 11.2. The van der Waals surface area contributed by atoms with Crippen molar-refractivity contribution in [2.24, 2.45) is 10.7 Å². The molecule has 0 aliphatic heterocycles. The molecule has 0 bridgehead atoms. The Labute approximate surface area is 138 Å². The monoisotopic (exact) mass is 305 g/mol. The first-order valence-corrected chi connectivity index (χ1v) is 7.76. The molecule has 0 amide bonds. The second-order valence-corrected chi connectivity index (χ2v) is 5.37. The summed E-state index contributed by atoms with van der Waals surface area (Å²) in [4.78, 5) is 4.32. The lowest BCUT2D eigenvalue weighted by molar-refractivity contribution is 1.21. The standard InChI is InChI=1S/C20H23N3/c1-4-15-12-9-13-18(14(3)17(15)5-2)20(22)23-19(21)16-10-7-6-8-11-16/h4-12H,13H2,1-3H3,(H3,21,22,23)/b15-4-,17-5-. The second kappa shape index (κ2) is 7.54. The van der Waals surface area contributed by atoms with E-state index in [0.29, 0.717) is 12.3 Å². The van der Waals surface area contributed by atoms with Crippen molar-refractivity contribution in [3.05, 3.63) is 82.5 Å². The molecular formula is C20H23N3. The summed E-state index contributed by atoms with van der Waals surface area (Å²) in [6.07, 6.45) is 9.03. The van der Waals surface area contributed by atoms with Crippen molar-refractivity contribution in [2.75, 3.05) is 0 Å². The van der Waals surface area contributed by atoms with E-state index in [9.17, 15) is 0 Å². The van der Waals surface area contributed by atoms with E-state index in [2.05, 4.69) is 29.3 Å². The lowest BCUT2D eigenvalue weighted by Crippen LogP contribution is -2.16. The molecular weight excluding hydrogens is 282 g/mol. The number of rotatable bonds is 2. The molecule has 23 heavy (non-hydrogen) atoms. The van der Waals surface area contributed by atoms with E-state index in [1.165, 1.54) is 5.57 Å². The summed E-state index contributed by atoms with van der Waals surface area (Å²) >= 11 is 0. The summed E-state index contributed by atoms with van der Waals surface area (Å²) in [7, 11) is 0. The van der Waals surface area contributed by atoms with Gasteiger partial charge in [0, 0.05) is 11.1 Å². The van der Waals surface area contributed by atoms with Crippen LogP contribution in [0.15, 0.2) is 81.9 Å². The predicted molar refractivity (Wildman–Crippen MR) is 98.9 cm³/mol. The van der Waals surface area contributed by atoms with Gasteiger partial charge in [0.15, 0.2) is 5.84 Å². The van der Waals surface area contributed by atoms with Gasteiger partial charge in [-0.25, -0.2) is 4.99 Å². The van der Waals surface area contributed by atoms with Gasteiger partial charge in [0.2, 0.25) is 0 Å². The van der Waals surface area contributed by atoms with Gasteiger partial charge in [-0.05, 0) is 43.9 Å². The third-order valence-corrected chi connectivity index (χ3v) is 3.97. The fraction of sp³-hybridized carbons (Fsp3) is 0.200. The summed E-state index contributed by atoms with van der Waals surface area (Å²) in [5, 5.41) is 8.37. The van der Waals surface area contributed by atoms with Crippen LogP contribution in [0.4, 0.5) is 0 Å². The minimum absolute atomic E-state index is 0.227. The van der Waals surface area contributed by atoms with Crippen molar-refractivity contribution in [1.82, 2.24) is 0 Å². The van der Waals surface area contributed by atoms with Crippen LogP contribution in [-0.4, -0.2) is 11.7 Å². The van der Waals surface area contributed by atoms with Gasteiger partial charge in [-0.1, -0.05) is 54.6 Å². The Morgan fingerprint density at radius 2 is 1.87 bits per heavy atom. The lowest BCUT2D eigenvalue weighted by atomic mass is 9.95. The van der Waals surface area contributed by atoms with E-state index in [1.807, 2.05) is 51.1 Å². The zero-order chi connectivity index (χ0) is 16.8. The SMILES string of the molecule is C/C=C1/C=CCC(C(=N)/N=C(\N)c2ccccc2)=C(C)/C1=C/C. The van der Waals surface area contributed by atoms with Gasteiger partial charge in [0.25, 0.3) is 0 Å². The van der Waals surface area contributed by atoms with Crippen molar-refractivity contribution in [3.8, 4) is 0 Å². The molecule has 0 fully saturated rings. The summed E-state index contributed by atoms with van der Waals surface area (Å²) < 4.78 is 0. The number of aliphatic imine (C=N–C) groups is 1. The molecule has 0 radical (unpaired) electrons. The summed E-state index contributed by atoms with van der Waals surface area (Å²) in [6, 6.07) is 9.56. The first kappa shape index (κ1) is 16.7. The molecule has 1 aliphatic carbocycles. The van der Waals surface area contributed by atoms with Crippen molar-refractivity contribution in [2.45, 2.75) is 27.2 Å². The normalized spacial score (nSPS) is 19.3. The highest BCUT2D eigenvalue weighted by Crippen LogP contribution is 2.29. The van der Waals surface area contributed by atoms with Crippen LogP contribution in [0.2, 0.25) is 0 Å². The Balaban J connectivity index is 2.40. The van der Waals surface area contributed by atoms with Gasteiger partial charge in [0.1, 0.15) is 5.84 Å². The van der Waals surface area contributed by atoms with E-state index in [-0.39, 0.29) is 5.84 Å². The molecule has 0 unspecified atom stereocenters. The van der Waals surface area contributed by atoms with E-state index in [4.69, 9.17) is 11.1 Å². The Morgan fingerprint density at radius 3 is 2.48 bits per heavy atom. The van der Waals surface area contributed by atoms with E-state index >= 15 is 0 Å². The van der Waals surface area contributed by atoms with Gasteiger partial charge < -0.3 is 5.73 Å². The highest BCUT2D eigenvalue weighted by atomic mass is 14.9. The highest BCUT2D eigenvalue weighted by molar-refractivity contribution is 6.10. The number of allylic oxidation sites excluding steroid dienone is 7. The van der Waals surface area contributed by atoms with Gasteiger partial charge in [-0.3, -0.25) is 5.41 Å². The summed E-state index contributed by atoms with van der Waals surface area (Å²) in [5.74, 6) is 0.600. The van der Waals surface area contributed by atoms with Gasteiger partial charge >= 0.3 is 0 Å². The third kappa shape index (κ3) is 3.75. The molecule has 1 aromatic carbocycles. The number of hydrogen-bond donors (Lipinski definition) is 2. The van der Waals surface area contributed by atoms with Crippen LogP contribution in [-0.2, 0) is 0 Å². The largest absolute Gasteiger partial charge is 0.383 e. The Bertz CT molecular complexity index is 744. The summed E-state index contributed by atoms with van der Waals surface area (Å²) in [6.45, 7) is 6.09. The average Bonchev–Trinajstić information content (AvgIpc) is 2.73. The van der Waals surface area contributed by atoms with Crippen LogP contribution in [0.25, 0.3) is 0 Å². The lowest BCUT2D eigenvalue weighted by Gasteiger charge is -2.12. The van der Waals surface area contributed by atoms with E-state index < -0.39 is 0 Å². The van der Waals surface area contributed by atoms with Crippen LogP contribution in [0.3, 0.4) is 0 Å². The van der Waals surface area contributed by atoms with Crippen LogP contribution in [0.1, 0.15) is 32.8 Å². The number of benzene rings is 1. The maximum absolute atomic E-state index is 8.37. The number of nitrogens with zero attached hydrogens (tertiary/aromatic N) is 1. The molecule has 3 heteroatoms. The quantitative estimate of drug-likeness (QED) is 0.611. The topological polar surface area (TPSA) is 62.2 Å². The zero-order valence-corrected chi connectivity index (χ0v) is 13.9. The number of hydrogen-bond acceptors (Lipinski definition) is 1. The molecule has 1 aliphatic rings. The van der Waals surface area contributed by atoms with Crippen molar-refractivity contribution in [1.29, 1.82) is 5.41 Å². The van der Waals surface area contributed by atoms with Gasteiger partial charge in [0.05, 0.1) is 0 Å². The van der Waals surface area contributed by atoms with Crippen molar-refractivity contribution in [3.63, 3.8) is 0 Å². The molecule has 0 heterocycles. The van der Waals surface area contributed by atoms with Crippen LogP contribution in [0, 0.1) is 5.41 Å². The molecule has 0 atom stereocenters. The molecule has 0 saturated carbocycles. The minimum atomic E-state index is 0.227. The molecule has 118 valence electrons. The Kier molecular flexibility index (Phi) is 5.47. The maximum Gasteiger partial charge on any atom is 0.150 e. The molecule has 1 aromatic rings. The maximum atomic E-state index is 8.37. The Hall–Kier alpha value is -2.68. The van der Waals surface area contributed by atoms with E-state index in [1.54, 1.807) is 0 Å². The fourth-order valence-electron chi connectivity index (χ4n) is 2.70. The molecule has 3 nitrogen and oxygen atoms in total. The zero-order valence-electron chi connectivity index (χ0n) is 13.9. The molecule has 3 N–H and O–H groups in total. The smallest absolute Gasteiger partial charge is 0.150 e. The first-order chi connectivity index (χ1) is 11.1. The van der Waals surface area contributed by atoms with Crippen molar-refractivity contribution < 1.29 is 0 Å². The highest BCUT2D eigenvalue weighted by Gasteiger charge is 2.15. The first-order valence-electron chi connectivity index (χ1n) is 7.76. The molecule has 0 aromatic heterocycles. The van der Waals surface area contributed by atoms with E-state index in [0.717, 1.165) is 22.3 Å². The van der Waals surface area contributed by atoms with Crippen molar-refractivity contribution >= 4 is 11.7 Å². The molecule has 0 saturated heterocycles. The average molecular weight is 305 g/mol. The number of nitrogens with one attached hydrogen (secondary N) is 1. The number of nitrogens with two attached hydrogens (primary N) is 1. The third-order valence-electron chi connectivity index (χ3n) is 3.97. The van der Waals surface area contributed by atoms with Crippen LogP contribution < -0.4 is 5.73 Å². The fourth-order valence-corrected chi connectivity index (χ4v) is 2.70. The van der Waals surface area contributed by atoms with Gasteiger partial charge in [-0.15, -0.1) is 0 Å². The van der Waals surface area contributed by atoms with Crippen LogP contribution in [0.5, 0.6) is 0 Å². The van der Waals surface area contributed by atoms with Crippen LogP contribution >= 0.6 is 0 Å². The number of amidine groups is 2. The predicted octanol–water partition coefficient (Wildman–Crippen LogP) is 4.54. The Morgan fingerprint density at radius 1 is 1.17 bits per heavy atom. The van der Waals surface area contributed by atoms with Gasteiger partial charge in [-0.2, -0.15) is 0 Å². The molecule has 2 rings (SSSR count). The molecule has 0 spiro atoms. The minimum Gasteiger partial charge on any atom is -0.383 e.